The number of rotatable bonds is 5. The van der Waals surface area contributed by atoms with Gasteiger partial charge in [-0.05, 0) is 43.5 Å². The highest BCUT2D eigenvalue weighted by Gasteiger charge is 2.23. The van der Waals surface area contributed by atoms with Crippen molar-refractivity contribution in [1.82, 2.24) is 0 Å². The Bertz CT molecular complexity index is 972. The van der Waals surface area contributed by atoms with Gasteiger partial charge in [0.25, 0.3) is 11.6 Å². The van der Waals surface area contributed by atoms with Gasteiger partial charge in [-0.2, -0.15) is 0 Å². The lowest BCUT2D eigenvalue weighted by molar-refractivity contribution is -0.384. The van der Waals surface area contributed by atoms with Crippen LogP contribution in [0.25, 0.3) is 0 Å². The first-order chi connectivity index (χ1) is 15.0. The number of amides is 1. The fraction of sp³-hybridized carbons (Fsp3) is 0.409. The molecule has 2 aromatic carbocycles. The Morgan fingerprint density at radius 1 is 0.968 bits per heavy atom. The molecule has 2 saturated heterocycles. The van der Waals surface area contributed by atoms with Crippen molar-refractivity contribution in [2.45, 2.75) is 19.3 Å². The molecule has 0 unspecified atom stereocenters. The molecular formula is C22H25FN4O4. The van der Waals surface area contributed by atoms with Crippen LogP contribution in [0.15, 0.2) is 36.4 Å². The highest BCUT2D eigenvalue weighted by molar-refractivity contribution is 6.08. The molecule has 0 atom stereocenters. The molecule has 0 aromatic heterocycles. The second kappa shape index (κ2) is 9.30. The van der Waals surface area contributed by atoms with Crippen molar-refractivity contribution in [3.63, 3.8) is 0 Å². The van der Waals surface area contributed by atoms with E-state index in [2.05, 4.69) is 10.2 Å². The van der Waals surface area contributed by atoms with Crippen LogP contribution in [0.3, 0.4) is 0 Å². The van der Waals surface area contributed by atoms with Gasteiger partial charge in [0.05, 0.1) is 35.1 Å². The number of non-ortho nitro benzene ring substituents is 1. The zero-order valence-electron chi connectivity index (χ0n) is 17.2. The van der Waals surface area contributed by atoms with Crippen LogP contribution in [0, 0.1) is 15.9 Å². The van der Waals surface area contributed by atoms with E-state index in [0.717, 1.165) is 32.4 Å². The number of anilines is 3. The van der Waals surface area contributed by atoms with Crippen LogP contribution in [-0.4, -0.2) is 50.2 Å². The number of piperidine rings is 1. The Hall–Kier alpha value is -3.20. The molecule has 2 fully saturated rings. The number of benzene rings is 2. The van der Waals surface area contributed by atoms with Gasteiger partial charge in [-0.1, -0.05) is 0 Å². The van der Waals surface area contributed by atoms with Crippen molar-refractivity contribution < 1.29 is 18.8 Å². The summed E-state index contributed by atoms with van der Waals surface area (Å²) in [4.78, 5) is 27.7. The minimum atomic E-state index is -0.520. The van der Waals surface area contributed by atoms with Gasteiger partial charge in [-0.15, -0.1) is 0 Å². The number of carbonyl (C=O) groups excluding carboxylic acids is 1. The minimum Gasteiger partial charge on any atom is -0.378 e. The maximum Gasteiger partial charge on any atom is 0.270 e. The molecule has 8 nitrogen and oxygen atoms in total. The van der Waals surface area contributed by atoms with Crippen LogP contribution in [0.5, 0.6) is 0 Å². The van der Waals surface area contributed by atoms with Gasteiger partial charge in [-0.3, -0.25) is 14.9 Å². The molecule has 2 aromatic rings. The molecule has 0 radical (unpaired) electrons. The lowest BCUT2D eigenvalue weighted by Gasteiger charge is -2.30. The number of morpholine rings is 1. The minimum absolute atomic E-state index is 0.153. The highest BCUT2D eigenvalue weighted by Crippen LogP contribution is 2.30. The largest absolute Gasteiger partial charge is 0.378 e. The highest BCUT2D eigenvalue weighted by atomic mass is 19.1. The van der Waals surface area contributed by atoms with Crippen LogP contribution >= 0.6 is 0 Å². The first-order valence-electron chi connectivity index (χ1n) is 10.5. The van der Waals surface area contributed by atoms with Crippen LogP contribution < -0.4 is 15.1 Å². The third kappa shape index (κ3) is 4.77. The Labute approximate surface area is 179 Å². The van der Waals surface area contributed by atoms with Crippen LogP contribution in [0.4, 0.5) is 27.1 Å². The molecule has 0 aliphatic carbocycles. The standard InChI is InChI=1S/C22H25FN4O4/c23-19-14-16(4-6-21(19)26-10-12-31-13-11-26)24-22(28)18-15-17(27(29)30)5-7-20(18)25-8-2-1-3-9-25/h4-7,14-15H,1-3,8-13H2,(H,24,28). The summed E-state index contributed by atoms with van der Waals surface area (Å²) in [5.74, 6) is -0.933. The Morgan fingerprint density at radius 3 is 2.32 bits per heavy atom. The molecule has 2 aliphatic heterocycles. The van der Waals surface area contributed by atoms with Gasteiger partial charge in [0.2, 0.25) is 0 Å². The molecule has 2 heterocycles. The Morgan fingerprint density at radius 2 is 1.65 bits per heavy atom. The fourth-order valence-electron chi connectivity index (χ4n) is 4.07. The average molecular weight is 428 g/mol. The predicted octanol–water partition coefficient (Wildman–Crippen LogP) is 3.81. The molecule has 9 heteroatoms. The van der Waals surface area contributed by atoms with E-state index >= 15 is 0 Å². The molecule has 0 saturated carbocycles. The van der Waals surface area contributed by atoms with E-state index in [4.69, 9.17) is 4.74 Å². The first-order valence-corrected chi connectivity index (χ1v) is 10.5. The average Bonchev–Trinajstić information content (AvgIpc) is 2.80. The van der Waals surface area contributed by atoms with Gasteiger partial charge in [-0.25, -0.2) is 4.39 Å². The van der Waals surface area contributed by atoms with Crippen molar-refractivity contribution in [2.75, 3.05) is 54.5 Å². The Kier molecular flexibility index (Phi) is 6.31. The number of carbonyl (C=O) groups is 1. The lowest BCUT2D eigenvalue weighted by Crippen LogP contribution is -2.36. The molecule has 31 heavy (non-hydrogen) atoms. The predicted molar refractivity (Wildman–Crippen MR) is 117 cm³/mol. The third-order valence-corrected chi connectivity index (χ3v) is 5.69. The van der Waals surface area contributed by atoms with E-state index in [1.54, 1.807) is 18.2 Å². The van der Waals surface area contributed by atoms with E-state index in [0.29, 0.717) is 43.4 Å². The third-order valence-electron chi connectivity index (χ3n) is 5.69. The van der Waals surface area contributed by atoms with Gasteiger partial charge >= 0.3 is 0 Å². The van der Waals surface area contributed by atoms with Gasteiger partial charge in [0, 0.05) is 44.0 Å². The second-order valence-corrected chi connectivity index (χ2v) is 7.73. The summed E-state index contributed by atoms with van der Waals surface area (Å²) in [7, 11) is 0. The summed E-state index contributed by atoms with van der Waals surface area (Å²) >= 11 is 0. The molecule has 164 valence electrons. The quantitative estimate of drug-likeness (QED) is 0.576. The van der Waals surface area contributed by atoms with E-state index < -0.39 is 16.6 Å². The lowest BCUT2D eigenvalue weighted by atomic mass is 10.1. The summed E-state index contributed by atoms with van der Waals surface area (Å²) < 4.78 is 20.0. The van der Waals surface area contributed by atoms with Crippen LogP contribution in [0.2, 0.25) is 0 Å². The number of nitrogens with zero attached hydrogens (tertiary/aromatic N) is 3. The van der Waals surface area contributed by atoms with Gasteiger partial charge in [0.1, 0.15) is 5.82 Å². The molecule has 1 N–H and O–H groups in total. The summed E-state index contributed by atoms with van der Waals surface area (Å²) in [6, 6.07) is 8.88. The number of hydrogen-bond acceptors (Lipinski definition) is 6. The van der Waals surface area contributed by atoms with Crippen molar-refractivity contribution in [3.05, 3.63) is 57.9 Å². The number of nitro groups is 1. The maximum atomic E-state index is 14.7. The number of nitrogens with one attached hydrogen (secondary N) is 1. The topological polar surface area (TPSA) is 88.0 Å². The fourth-order valence-corrected chi connectivity index (χ4v) is 4.07. The first kappa shape index (κ1) is 21.0. The molecule has 1 amide bonds. The molecule has 0 spiro atoms. The van der Waals surface area contributed by atoms with Gasteiger partial charge < -0.3 is 19.9 Å². The van der Waals surface area contributed by atoms with E-state index in [9.17, 15) is 19.3 Å². The molecule has 0 bridgehead atoms. The summed E-state index contributed by atoms with van der Waals surface area (Å²) in [6.45, 7) is 3.89. The number of nitro benzene ring substituents is 1. The Balaban J connectivity index is 1.57. The van der Waals surface area contributed by atoms with Gasteiger partial charge in [0.15, 0.2) is 0 Å². The van der Waals surface area contributed by atoms with Crippen LogP contribution in [-0.2, 0) is 4.74 Å². The van der Waals surface area contributed by atoms with E-state index in [-0.39, 0.29) is 11.3 Å². The monoisotopic (exact) mass is 428 g/mol. The number of hydrogen-bond donors (Lipinski definition) is 1. The number of halogens is 1. The van der Waals surface area contributed by atoms with Crippen molar-refractivity contribution in [2.24, 2.45) is 0 Å². The molecule has 2 aliphatic rings. The maximum absolute atomic E-state index is 14.7. The van der Waals surface area contributed by atoms with Crippen LogP contribution in [0.1, 0.15) is 29.6 Å². The zero-order chi connectivity index (χ0) is 21.8. The SMILES string of the molecule is O=C(Nc1ccc(N2CCOCC2)c(F)c1)c1cc([N+](=O)[O-])ccc1N1CCCCC1. The molecular weight excluding hydrogens is 403 g/mol. The zero-order valence-corrected chi connectivity index (χ0v) is 17.2. The smallest absolute Gasteiger partial charge is 0.270 e. The van der Waals surface area contributed by atoms with Crippen molar-refractivity contribution >= 4 is 28.7 Å². The van der Waals surface area contributed by atoms with Crippen molar-refractivity contribution in [3.8, 4) is 0 Å². The van der Waals surface area contributed by atoms with E-state index in [1.165, 1.54) is 18.2 Å². The molecule has 4 rings (SSSR count). The normalized spacial score (nSPS) is 16.8. The summed E-state index contributed by atoms with van der Waals surface area (Å²) in [5, 5.41) is 14.0. The second-order valence-electron chi connectivity index (χ2n) is 7.73. The summed E-state index contributed by atoms with van der Waals surface area (Å²) in [6.07, 6.45) is 3.14. The number of ether oxygens (including phenoxy) is 1. The van der Waals surface area contributed by atoms with E-state index in [1.807, 2.05) is 4.90 Å². The van der Waals surface area contributed by atoms with Crippen molar-refractivity contribution in [1.29, 1.82) is 0 Å². The summed E-state index contributed by atoms with van der Waals surface area (Å²) in [5.41, 5.74) is 1.49.